The monoisotopic (exact) mass is 443 g/mol. The van der Waals surface area contributed by atoms with Gasteiger partial charge in [0.2, 0.25) is 5.88 Å². The molecule has 0 aliphatic carbocycles. The lowest BCUT2D eigenvalue weighted by Crippen LogP contribution is -2.55. The van der Waals surface area contributed by atoms with E-state index in [0.717, 1.165) is 48.2 Å². The predicted molar refractivity (Wildman–Crippen MR) is 122 cm³/mol. The van der Waals surface area contributed by atoms with Gasteiger partial charge in [0, 0.05) is 31.5 Å². The molecule has 2 fully saturated rings. The predicted octanol–water partition coefficient (Wildman–Crippen LogP) is 1.75. The summed E-state index contributed by atoms with van der Waals surface area (Å²) >= 11 is 0. The Labute approximate surface area is 185 Å². The molecule has 2 saturated heterocycles. The Kier molecular flexibility index (Phi) is 6.42. The molecule has 166 valence electrons. The topological polar surface area (TPSA) is 79.8 Å². The molecule has 1 aromatic carbocycles. The molecule has 4 rings (SSSR count). The molecule has 2 aliphatic heterocycles. The van der Waals surface area contributed by atoms with Crippen molar-refractivity contribution in [2.24, 2.45) is 5.92 Å². The number of rotatable bonds is 5. The maximum absolute atomic E-state index is 13.6. The van der Waals surface area contributed by atoms with Crippen LogP contribution in [0.15, 0.2) is 30.6 Å². The number of ether oxygens (including phenoxy) is 1. The van der Waals surface area contributed by atoms with E-state index in [1.807, 2.05) is 13.1 Å². The van der Waals surface area contributed by atoms with Crippen molar-refractivity contribution in [3.63, 3.8) is 0 Å². The van der Waals surface area contributed by atoms with Gasteiger partial charge in [0.05, 0.1) is 13.7 Å². The fourth-order valence-corrected chi connectivity index (χ4v) is 5.01. The number of nitrogens with zero attached hydrogens (tertiary/aromatic N) is 4. The number of carbonyl (C=O) groups is 1. The number of aromatic nitrogens is 2. The lowest BCUT2D eigenvalue weighted by atomic mass is 9.91. The summed E-state index contributed by atoms with van der Waals surface area (Å²) in [4.78, 5) is 30.1. The first kappa shape index (κ1) is 21.9. The normalized spacial score (nSPS) is 22.1. The van der Waals surface area contributed by atoms with Gasteiger partial charge in [-0.3, -0.25) is 14.9 Å². The lowest BCUT2D eigenvalue weighted by molar-refractivity contribution is -0.200. The van der Waals surface area contributed by atoms with E-state index in [9.17, 15) is 4.79 Å². The van der Waals surface area contributed by atoms with Crippen molar-refractivity contribution in [2.45, 2.75) is 31.8 Å². The van der Waals surface area contributed by atoms with Crippen LogP contribution < -0.4 is 20.3 Å². The zero-order chi connectivity index (χ0) is 22.0. The number of aryl methyl sites for hydroxylation is 1. The fourth-order valence-electron chi connectivity index (χ4n) is 4.57. The average Bonchev–Trinajstić information content (AvgIpc) is 3.23. The van der Waals surface area contributed by atoms with Gasteiger partial charge in [0.25, 0.3) is 5.91 Å². The number of anilines is 1. The third-order valence-electron chi connectivity index (χ3n) is 6.23. The molecule has 0 radical (unpaired) electrons. The molecule has 1 amide bonds. The van der Waals surface area contributed by atoms with Crippen LogP contribution in [0.2, 0.25) is 0 Å². The van der Waals surface area contributed by atoms with Crippen LogP contribution in [0.1, 0.15) is 30.4 Å². The second-order valence-electron chi connectivity index (χ2n) is 8.14. The summed E-state index contributed by atoms with van der Waals surface area (Å²) in [7, 11) is 6.24. The van der Waals surface area contributed by atoms with Crippen molar-refractivity contribution in [2.75, 3.05) is 38.8 Å². The van der Waals surface area contributed by atoms with Crippen LogP contribution in [-0.4, -0.2) is 54.8 Å². The van der Waals surface area contributed by atoms with Gasteiger partial charge in [-0.15, -0.1) is 9.24 Å². The third-order valence-corrected chi connectivity index (χ3v) is 6.56. The maximum Gasteiger partial charge on any atom is 0.251 e. The van der Waals surface area contributed by atoms with E-state index in [-0.39, 0.29) is 11.8 Å². The molecule has 0 saturated carbocycles. The number of hydroxylamine groups is 2. The number of hydrogen-bond acceptors (Lipinski definition) is 7. The average molecular weight is 443 g/mol. The first-order chi connectivity index (χ1) is 15.0. The van der Waals surface area contributed by atoms with E-state index in [4.69, 9.17) is 9.57 Å². The van der Waals surface area contributed by atoms with Crippen LogP contribution in [0.3, 0.4) is 0 Å². The highest BCUT2D eigenvalue weighted by Crippen LogP contribution is 2.37. The molecule has 0 bridgehead atoms. The van der Waals surface area contributed by atoms with Crippen LogP contribution in [0, 0.1) is 12.8 Å². The number of piperidine rings is 1. The van der Waals surface area contributed by atoms with Crippen molar-refractivity contribution in [3.05, 3.63) is 41.7 Å². The number of benzene rings is 1. The van der Waals surface area contributed by atoms with Crippen LogP contribution in [0.4, 0.5) is 5.82 Å². The number of hydrogen-bond donors (Lipinski definition) is 1. The van der Waals surface area contributed by atoms with E-state index < -0.39 is 5.66 Å². The Morgan fingerprint density at radius 1 is 1.26 bits per heavy atom. The molecule has 2 aromatic rings. The molecule has 31 heavy (non-hydrogen) atoms. The highest BCUT2D eigenvalue weighted by Gasteiger charge is 2.48. The van der Waals surface area contributed by atoms with Crippen LogP contribution in [0.25, 0.3) is 0 Å². The summed E-state index contributed by atoms with van der Waals surface area (Å²) < 4.78 is 5.20. The summed E-state index contributed by atoms with van der Waals surface area (Å²) in [6.07, 6.45) is 3.70. The Bertz CT molecular complexity index is 930. The Hall–Kier alpha value is -2.28. The summed E-state index contributed by atoms with van der Waals surface area (Å²) in [6, 6.07) is 8.17. The smallest absolute Gasteiger partial charge is 0.251 e. The minimum atomic E-state index is -0.647. The summed E-state index contributed by atoms with van der Waals surface area (Å²) in [6.45, 7) is 4.07. The third kappa shape index (κ3) is 4.25. The number of nitrogens with one attached hydrogen (secondary N) is 1. The van der Waals surface area contributed by atoms with Crippen molar-refractivity contribution >= 4 is 26.3 Å². The van der Waals surface area contributed by atoms with E-state index in [2.05, 4.69) is 54.5 Å². The van der Waals surface area contributed by atoms with Crippen LogP contribution >= 0.6 is 9.24 Å². The zero-order valence-electron chi connectivity index (χ0n) is 18.3. The molecule has 0 spiro atoms. The first-order valence-corrected chi connectivity index (χ1v) is 11.2. The van der Waals surface area contributed by atoms with E-state index in [1.54, 1.807) is 12.2 Å². The second kappa shape index (κ2) is 9.07. The first-order valence-electron chi connectivity index (χ1n) is 10.6. The highest BCUT2D eigenvalue weighted by atomic mass is 31.0. The van der Waals surface area contributed by atoms with Gasteiger partial charge in [-0.25, -0.2) is 9.97 Å². The molecule has 2 aliphatic rings. The van der Waals surface area contributed by atoms with E-state index >= 15 is 0 Å². The highest BCUT2D eigenvalue weighted by molar-refractivity contribution is 7.27. The zero-order valence-corrected chi connectivity index (χ0v) is 19.5. The molecular weight excluding hydrogens is 413 g/mol. The molecule has 3 heterocycles. The van der Waals surface area contributed by atoms with Gasteiger partial charge in [-0.1, -0.05) is 17.7 Å². The van der Waals surface area contributed by atoms with E-state index in [0.29, 0.717) is 18.9 Å². The van der Waals surface area contributed by atoms with Crippen LogP contribution in [0.5, 0.6) is 5.88 Å². The molecular formula is C22H30N5O3P. The van der Waals surface area contributed by atoms with Crippen molar-refractivity contribution in [1.82, 2.24) is 20.3 Å². The minimum Gasteiger partial charge on any atom is -0.481 e. The fraction of sp³-hybridized carbons (Fsp3) is 0.500. The molecule has 9 heteroatoms. The standard InChI is InChI=1S/C22H30N5O3P/c1-15-10-17(12-18(31)11-15)22(23-2)6-9-30-27(22)21(28)16-4-7-26(8-5-16)19-13-20(29-3)25-14-24-19/h10-14,16,23H,4-9,31H2,1-3H3/t22-/m0/s1. The molecule has 8 nitrogen and oxygen atoms in total. The van der Waals surface area contributed by atoms with Crippen LogP contribution in [-0.2, 0) is 15.3 Å². The van der Waals surface area contributed by atoms with Gasteiger partial charge in [-0.2, -0.15) is 5.06 Å². The summed E-state index contributed by atoms with van der Waals surface area (Å²) in [5.41, 5.74) is 1.56. The Morgan fingerprint density at radius 2 is 2.03 bits per heavy atom. The van der Waals surface area contributed by atoms with Crippen molar-refractivity contribution in [1.29, 1.82) is 0 Å². The molecule has 1 aromatic heterocycles. The molecule has 2 atom stereocenters. The Balaban J connectivity index is 1.50. The minimum absolute atomic E-state index is 0.0404. The van der Waals surface area contributed by atoms with Crippen molar-refractivity contribution < 1.29 is 14.4 Å². The second-order valence-corrected chi connectivity index (χ2v) is 8.81. The van der Waals surface area contributed by atoms with Crippen molar-refractivity contribution in [3.8, 4) is 5.88 Å². The van der Waals surface area contributed by atoms with Gasteiger partial charge in [0.1, 0.15) is 17.8 Å². The SMILES string of the molecule is CN[C@@]1(c2cc(C)cc(P)c2)CCON1C(=O)C1CCN(c2cc(OC)ncn2)CC1. The number of methoxy groups -OCH3 is 1. The van der Waals surface area contributed by atoms with Gasteiger partial charge in [-0.05, 0) is 43.7 Å². The largest absolute Gasteiger partial charge is 0.481 e. The maximum atomic E-state index is 13.6. The van der Waals surface area contributed by atoms with Gasteiger partial charge >= 0.3 is 0 Å². The lowest BCUT2D eigenvalue weighted by Gasteiger charge is -2.40. The van der Waals surface area contributed by atoms with E-state index in [1.165, 1.54) is 6.33 Å². The quantitative estimate of drug-likeness (QED) is 0.706. The number of amides is 1. The summed E-state index contributed by atoms with van der Waals surface area (Å²) in [5, 5.41) is 6.09. The Morgan fingerprint density at radius 3 is 2.71 bits per heavy atom. The number of carbonyl (C=O) groups excluding carboxylic acids is 1. The molecule has 1 unspecified atom stereocenters. The summed E-state index contributed by atoms with van der Waals surface area (Å²) in [5.74, 6) is 1.32. The van der Waals surface area contributed by atoms with Gasteiger partial charge < -0.3 is 9.64 Å². The molecule has 1 N–H and O–H groups in total. The van der Waals surface area contributed by atoms with Gasteiger partial charge in [0.15, 0.2) is 0 Å².